The van der Waals surface area contributed by atoms with Crippen molar-refractivity contribution in [3.05, 3.63) is 30.3 Å². The molecule has 0 spiro atoms. The van der Waals surface area contributed by atoms with E-state index in [1.807, 2.05) is 35.0 Å². The SMILES string of the molecule is COc1cccc(-c2cc(N)n(C(C)C)n2)c1. The number of rotatable bonds is 3. The van der Waals surface area contributed by atoms with E-state index in [9.17, 15) is 0 Å². The van der Waals surface area contributed by atoms with Crippen molar-refractivity contribution in [2.45, 2.75) is 19.9 Å². The van der Waals surface area contributed by atoms with Crippen LogP contribution in [0.4, 0.5) is 5.82 Å². The molecule has 90 valence electrons. The molecular formula is C13H17N3O. The number of aromatic nitrogens is 2. The van der Waals surface area contributed by atoms with Gasteiger partial charge in [-0.15, -0.1) is 0 Å². The van der Waals surface area contributed by atoms with Crippen LogP contribution in [-0.4, -0.2) is 16.9 Å². The monoisotopic (exact) mass is 231 g/mol. The molecule has 1 aromatic carbocycles. The maximum Gasteiger partial charge on any atom is 0.122 e. The Kier molecular flexibility index (Phi) is 3.04. The van der Waals surface area contributed by atoms with Gasteiger partial charge in [0.2, 0.25) is 0 Å². The van der Waals surface area contributed by atoms with Gasteiger partial charge >= 0.3 is 0 Å². The Morgan fingerprint density at radius 3 is 2.65 bits per heavy atom. The van der Waals surface area contributed by atoms with Gasteiger partial charge in [0.1, 0.15) is 11.6 Å². The van der Waals surface area contributed by atoms with Gasteiger partial charge in [0.15, 0.2) is 0 Å². The van der Waals surface area contributed by atoms with Crippen molar-refractivity contribution in [3.8, 4) is 17.0 Å². The fourth-order valence-electron chi connectivity index (χ4n) is 1.75. The third kappa shape index (κ3) is 2.25. The van der Waals surface area contributed by atoms with Crippen LogP contribution in [0.15, 0.2) is 30.3 Å². The number of nitrogens with two attached hydrogens (primary N) is 1. The van der Waals surface area contributed by atoms with Crippen molar-refractivity contribution in [1.82, 2.24) is 9.78 Å². The van der Waals surface area contributed by atoms with Crippen molar-refractivity contribution in [1.29, 1.82) is 0 Å². The number of hydrogen-bond donors (Lipinski definition) is 1. The summed E-state index contributed by atoms with van der Waals surface area (Å²) in [7, 11) is 1.65. The molecule has 1 aromatic heterocycles. The van der Waals surface area contributed by atoms with Crippen LogP contribution in [-0.2, 0) is 0 Å². The molecule has 0 amide bonds. The third-order valence-corrected chi connectivity index (χ3v) is 2.62. The molecule has 0 saturated heterocycles. The van der Waals surface area contributed by atoms with Crippen LogP contribution in [0.5, 0.6) is 5.75 Å². The summed E-state index contributed by atoms with van der Waals surface area (Å²) in [4.78, 5) is 0. The van der Waals surface area contributed by atoms with E-state index in [1.165, 1.54) is 0 Å². The minimum atomic E-state index is 0.259. The van der Waals surface area contributed by atoms with Crippen LogP contribution < -0.4 is 10.5 Å². The molecule has 0 atom stereocenters. The van der Waals surface area contributed by atoms with Gasteiger partial charge in [-0.25, -0.2) is 4.68 Å². The summed E-state index contributed by atoms with van der Waals surface area (Å²) in [6, 6.07) is 9.94. The molecule has 4 nitrogen and oxygen atoms in total. The number of hydrogen-bond acceptors (Lipinski definition) is 3. The lowest BCUT2D eigenvalue weighted by Crippen LogP contribution is -2.06. The second-order valence-electron chi connectivity index (χ2n) is 4.22. The molecule has 2 N–H and O–H groups in total. The van der Waals surface area contributed by atoms with E-state index in [0.29, 0.717) is 5.82 Å². The normalized spacial score (nSPS) is 10.8. The minimum absolute atomic E-state index is 0.259. The zero-order valence-electron chi connectivity index (χ0n) is 10.3. The highest BCUT2D eigenvalue weighted by Gasteiger charge is 2.09. The van der Waals surface area contributed by atoms with Crippen molar-refractivity contribution < 1.29 is 4.74 Å². The zero-order valence-corrected chi connectivity index (χ0v) is 10.3. The van der Waals surface area contributed by atoms with E-state index in [2.05, 4.69) is 18.9 Å². The number of benzene rings is 1. The number of anilines is 1. The fraction of sp³-hybridized carbons (Fsp3) is 0.308. The Balaban J connectivity index is 2.42. The van der Waals surface area contributed by atoms with Crippen molar-refractivity contribution in [2.24, 2.45) is 0 Å². The molecule has 0 fully saturated rings. The number of methoxy groups -OCH3 is 1. The van der Waals surface area contributed by atoms with Crippen LogP contribution in [0.3, 0.4) is 0 Å². The molecular weight excluding hydrogens is 214 g/mol. The summed E-state index contributed by atoms with van der Waals surface area (Å²) < 4.78 is 7.01. The highest BCUT2D eigenvalue weighted by Crippen LogP contribution is 2.25. The van der Waals surface area contributed by atoms with Crippen LogP contribution >= 0.6 is 0 Å². The molecule has 1 heterocycles. The maximum absolute atomic E-state index is 5.92. The van der Waals surface area contributed by atoms with Crippen molar-refractivity contribution in [2.75, 3.05) is 12.8 Å². The van der Waals surface area contributed by atoms with Gasteiger partial charge in [-0.2, -0.15) is 5.10 Å². The average Bonchev–Trinajstić information content (AvgIpc) is 2.71. The molecule has 4 heteroatoms. The van der Waals surface area contributed by atoms with Gasteiger partial charge in [0, 0.05) is 17.7 Å². The summed E-state index contributed by atoms with van der Waals surface area (Å²) in [5, 5.41) is 4.49. The van der Waals surface area contributed by atoms with Gasteiger partial charge in [-0.3, -0.25) is 0 Å². The highest BCUT2D eigenvalue weighted by atomic mass is 16.5. The van der Waals surface area contributed by atoms with Gasteiger partial charge in [-0.05, 0) is 26.0 Å². The first-order valence-corrected chi connectivity index (χ1v) is 5.61. The largest absolute Gasteiger partial charge is 0.497 e. The predicted molar refractivity (Wildman–Crippen MR) is 69.0 cm³/mol. The first-order chi connectivity index (χ1) is 8.11. The summed E-state index contributed by atoms with van der Waals surface area (Å²) in [6.45, 7) is 4.11. The second-order valence-corrected chi connectivity index (χ2v) is 4.22. The van der Waals surface area contributed by atoms with E-state index < -0.39 is 0 Å². The zero-order chi connectivity index (χ0) is 12.4. The fourth-order valence-corrected chi connectivity index (χ4v) is 1.75. The molecule has 2 aromatic rings. The lowest BCUT2D eigenvalue weighted by atomic mass is 10.1. The standard InChI is InChI=1S/C13H17N3O/c1-9(2)16-13(14)8-12(15-16)10-5-4-6-11(7-10)17-3/h4-9H,14H2,1-3H3. The molecule has 0 saturated carbocycles. The molecule has 0 bridgehead atoms. The lowest BCUT2D eigenvalue weighted by molar-refractivity contribution is 0.415. The van der Waals surface area contributed by atoms with E-state index in [0.717, 1.165) is 17.0 Å². The summed E-state index contributed by atoms with van der Waals surface area (Å²) in [5.41, 5.74) is 7.80. The van der Waals surface area contributed by atoms with Crippen LogP contribution in [0.25, 0.3) is 11.3 Å². The summed E-state index contributed by atoms with van der Waals surface area (Å²) in [5.74, 6) is 1.50. The topological polar surface area (TPSA) is 53.1 Å². The molecule has 0 radical (unpaired) electrons. The van der Waals surface area contributed by atoms with Gasteiger partial charge in [-0.1, -0.05) is 12.1 Å². The summed E-state index contributed by atoms with van der Waals surface area (Å²) >= 11 is 0. The quantitative estimate of drug-likeness (QED) is 0.883. The van der Waals surface area contributed by atoms with Gasteiger partial charge < -0.3 is 10.5 Å². The molecule has 17 heavy (non-hydrogen) atoms. The highest BCUT2D eigenvalue weighted by molar-refractivity contribution is 5.64. The smallest absolute Gasteiger partial charge is 0.122 e. The summed E-state index contributed by atoms with van der Waals surface area (Å²) in [6.07, 6.45) is 0. The molecule has 0 aliphatic carbocycles. The van der Waals surface area contributed by atoms with E-state index >= 15 is 0 Å². The van der Waals surface area contributed by atoms with Crippen LogP contribution in [0.1, 0.15) is 19.9 Å². The number of nitrogen functional groups attached to an aromatic ring is 1. The minimum Gasteiger partial charge on any atom is -0.497 e. The lowest BCUT2D eigenvalue weighted by Gasteiger charge is -2.06. The molecule has 0 aliphatic heterocycles. The average molecular weight is 231 g/mol. The molecule has 0 aliphatic rings. The van der Waals surface area contributed by atoms with E-state index in [1.54, 1.807) is 7.11 Å². The number of ether oxygens (including phenoxy) is 1. The molecule has 0 unspecified atom stereocenters. The third-order valence-electron chi connectivity index (χ3n) is 2.62. The van der Waals surface area contributed by atoms with Crippen LogP contribution in [0, 0.1) is 0 Å². The number of nitrogens with zero attached hydrogens (tertiary/aromatic N) is 2. The van der Waals surface area contributed by atoms with E-state index in [4.69, 9.17) is 10.5 Å². The Bertz CT molecular complexity index is 517. The van der Waals surface area contributed by atoms with Crippen LogP contribution in [0.2, 0.25) is 0 Å². The van der Waals surface area contributed by atoms with E-state index in [-0.39, 0.29) is 6.04 Å². The van der Waals surface area contributed by atoms with Crippen molar-refractivity contribution >= 4 is 5.82 Å². The predicted octanol–water partition coefficient (Wildman–Crippen LogP) is 2.72. The first-order valence-electron chi connectivity index (χ1n) is 5.61. The Hall–Kier alpha value is -1.97. The Morgan fingerprint density at radius 2 is 2.06 bits per heavy atom. The first kappa shape index (κ1) is 11.5. The van der Waals surface area contributed by atoms with Gasteiger partial charge in [0.25, 0.3) is 0 Å². The molecule has 2 rings (SSSR count). The van der Waals surface area contributed by atoms with Crippen molar-refractivity contribution in [3.63, 3.8) is 0 Å². The second kappa shape index (κ2) is 4.49. The van der Waals surface area contributed by atoms with Gasteiger partial charge in [0.05, 0.1) is 12.8 Å². The maximum atomic E-state index is 5.92. The Labute approximate surface area is 101 Å². The Morgan fingerprint density at radius 1 is 1.29 bits per heavy atom.